The molecule has 2 rings (SSSR count). The van der Waals surface area contributed by atoms with Crippen LogP contribution in [0, 0.1) is 0 Å². The highest BCUT2D eigenvalue weighted by atomic mass is 79.9. The van der Waals surface area contributed by atoms with Gasteiger partial charge in [-0.3, -0.25) is 4.90 Å². The Morgan fingerprint density at radius 2 is 1.89 bits per heavy atom. The second-order valence-corrected chi connectivity index (χ2v) is 5.38. The fourth-order valence-corrected chi connectivity index (χ4v) is 2.45. The molecule has 1 aromatic rings. The summed E-state index contributed by atoms with van der Waals surface area (Å²) in [5.74, 6) is 1.52. The monoisotopic (exact) mass is 314 g/mol. The van der Waals surface area contributed by atoms with Gasteiger partial charge in [-0.2, -0.15) is 0 Å². The minimum atomic E-state index is 0.630. The van der Waals surface area contributed by atoms with Crippen molar-refractivity contribution >= 4 is 15.9 Å². The van der Waals surface area contributed by atoms with E-state index in [0.717, 1.165) is 35.6 Å². The van der Waals surface area contributed by atoms with Crippen LogP contribution in [-0.4, -0.2) is 45.3 Å². The van der Waals surface area contributed by atoms with Crippen molar-refractivity contribution in [3.8, 4) is 11.5 Å². The summed E-state index contributed by atoms with van der Waals surface area (Å²) in [5.41, 5.74) is 1.21. The first-order valence-electron chi connectivity index (χ1n) is 5.97. The Labute approximate surface area is 116 Å². The first-order valence-corrected chi connectivity index (χ1v) is 6.76. The predicted molar refractivity (Wildman–Crippen MR) is 75.4 cm³/mol. The Balaban J connectivity index is 2.16. The van der Waals surface area contributed by atoms with E-state index in [-0.39, 0.29) is 0 Å². The molecule has 0 aliphatic carbocycles. The van der Waals surface area contributed by atoms with Gasteiger partial charge >= 0.3 is 0 Å². The van der Waals surface area contributed by atoms with E-state index in [9.17, 15) is 0 Å². The summed E-state index contributed by atoms with van der Waals surface area (Å²) in [5, 5.41) is 3.29. The number of benzene rings is 1. The van der Waals surface area contributed by atoms with Crippen molar-refractivity contribution < 1.29 is 9.47 Å². The fourth-order valence-electron chi connectivity index (χ4n) is 2.00. The van der Waals surface area contributed by atoms with Crippen LogP contribution in [0.1, 0.15) is 5.56 Å². The lowest BCUT2D eigenvalue weighted by atomic mass is 10.1. The predicted octanol–water partition coefficient (Wildman–Crippen LogP) is 1.87. The lowest BCUT2D eigenvalue weighted by Crippen LogP contribution is -2.55. The van der Waals surface area contributed by atoms with Crippen LogP contribution >= 0.6 is 15.9 Å². The molecule has 1 N–H and O–H groups in total. The minimum absolute atomic E-state index is 0.630. The smallest absolute Gasteiger partial charge is 0.161 e. The Morgan fingerprint density at radius 3 is 2.39 bits per heavy atom. The maximum absolute atomic E-state index is 5.34. The van der Waals surface area contributed by atoms with Gasteiger partial charge in [0, 0.05) is 30.1 Å². The molecule has 5 heteroatoms. The van der Waals surface area contributed by atoms with Crippen molar-refractivity contribution in [3.63, 3.8) is 0 Å². The van der Waals surface area contributed by atoms with E-state index < -0.39 is 0 Å². The van der Waals surface area contributed by atoms with Gasteiger partial charge in [0.05, 0.1) is 14.2 Å². The molecule has 0 amide bonds. The molecule has 18 heavy (non-hydrogen) atoms. The molecule has 1 heterocycles. The highest BCUT2D eigenvalue weighted by Gasteiger charge is 2.22. The third kappa shape index (κ3) is 2.79. The van der Waals surface area contributed by atoms with E-state index in [4.69, 9.17) is 9.47 Å². The van der Waals surface area contributed by atoms with Crippen molar-refractivity contribution in [2.75, 3.05) is 34.4 Å². The van der Waals surface area contributed by atoms with Gasteiger partial charge in [-0.1, -0.05) is 15.9 Å². The summed E-state index contributed by atoms with van der Waals surface area (Å²) in [7, 11) is 5.46. The Bertz CT molecular complexity index is 422. The molecule has 1 aromatic carbocycles. The molecule has 0 spiro atoms. The molecule has 1 saturated heterocycles. The summed E-state index contributed by atoms with van der Waals surface area (Å²) >= 11 is 3.59. The summed E-state index contributed by atoms with van der Waals surface area (Å²) in [6.07, 6.45) is 0. The van der Waals surface area contributed by atoms with E-state index in [1.165, 1.54) is 5.56 Å². The Kier molecular flexibility index (Phi) is 4.48. The molecule has 1 fully saturated rings. The molecule has 1 aliphatic heterocycles. The molecular weight excluding hydrogens is 296 g/mol. The first-order chi connectivity index (χ1) is 8.65. The van der Waals surface area contributed by atoms with Crippen LogP contribution in [0.4, 0.5) is 0 Å². The van der Waals surface area contributed by atoms with Crippen LogP contribution in [0.3, 0.4) is 0 Å². The number of likely N-dealkylation sites (N-methyl/N-ethyl adjacent to an activating group) is 1. The molecule has 0 saturated carbocycles. The maximum Gasteiger partial charge on any atom is 0.161 e. The number of hydrogen-bond acceptors (Lipinski definition) is 4. The van der Waals surface area contributed by atoms with Gasteiger partial charge in [-0.05, 0) is 24.7 Å². The standard InChI is InChI=1S/C13H19BrN2O2/c1-16(10-6-15-7-10)8-9-4-12(17-2)13(18-3)5-11(9)14/h4-5,10,15H,6-8H2,1-3H3. The van der Waals surface area contributed by atoms with E-state index in [1.54, 1.807) is 14.2 Å². The Morgan fingerprint density at radius 1 is 1.28 bits per heavy atom. The van der Waals surface area contributed by atoms with Gasteiger partial charge in [-0.15, -0.1) is 0 Å². The van der Waals surface area contributed by atoms with E-state index in [0.29, 0.717) is 6.04 Å². The zero-order valence-electron chi connectivity index (χ0n) is 11.0. The van der Waals surface area contributed by atoms with Crippen LogP contribution in [0.5, 0.6) is 11.5 Å². The first kappa shape index (κ1) is 13.6. The molecule has 0 aromatic heterocycles. The third-order valence-corrected chi connectivity index (χ3v) is 4.09. The lowest BCUT2D eigenvalue weighted by Gasteiger charge is -2.35. The summed E-state index contributed by atoms with van der Waals surface area (Å²) < 4.78 is 11.7. The van der Waals surface area contributed by atoms with Crippen LogP contribution in [0.25, 0.3) is 0 Å². The fraction of sp³-hybridized carbons (Fsp3) is 0.538. The summed E-state index contributed by atoms with van der Waals surface area (Å²) in [6.45, 7) is 3.04. The highest BCUT2D eigenvalue weighted by Crippen LogP contribution is 2.33. The second kappa shape index (κ2) is 5.91. The Hall–Kier alpha value is -0.780. The van der Waals surface area contributed by atoms with Crippen molar-refractivity contribution in [2.24, 2.45) is 0 Å². The van der Waals surface area contributed by atoms with Gasteiger partial charge < -0.3 is 14.8 Å². The van der Waals surface area contributed by atoms with Crippen molar-refractivity contribution in [1.82, 2.24) is 10.2 Å². The van der Waals surface area contributed by atoms with Gasteiger partial charge in [0.25, 0.3) is 0 Å². The number of hydrogen-bond donors (Lipinski definition) is 1. The van der Waals surface area contributed by atoms with E-state index in [2.05, 4.69) is 33.2 Å². The van der Waals surface area contributed by atoms with Crippen LogP contribution in [0.15, 0.2) is 16.6 Å². The number of rotatable bonds is 5. The van der Waals surface area contributed by atoms with E-state index in [1.807, 2.05) is 12.1 Å². The number of ether oxygens (including phenoxy) is 2. The largest absolute Gasteiger partial charge is 0.493 e. The number of nitrogens with zero attached hydrogens (tertiary/aromatic N) is 1. The maximum atomic E-state index is 5.34. The van der Waals surface area contributed by atoms with Gasteiger partial charge in [0.1, 0.15) is 0 Å². The average Bonchev–Trinajstić information content (AvgIpc) is 2.28. The SMILES string of the molecule is COc1cc(Br)c(CN(C)C2CNC2)cc1OC. The number of nitrogens with one attached hydrogen (secondary N) is 1. The normalized spacial score (nSPS) is 15.6. The number of halogens is 1. The second-order valence-electron chi connectivity index (χ2n) is 4.53. The van der Waals surface area contributed by atoms with Crippen molar-refractivity contribution in [3.05, 3.63) is 22.2 Å². The molecule has 1 aliphatic rings. The van der Waals surface area contributed by atoms with Crippen LogP contribution in [0.2, 0.25) is 0 Å². The summed E-state index contributed by atoms with van der Waals surface area (Å²) in [6, 6.07) is 4.62. The van der Waals surface area contributed by atoms with Gasteiger partial charge in [0.15, 0.2) is 11.5 Å². The molecule has 0 bridgehead atoms. The van der Waals surface area contributed by atoms with Crippen LogP contribution in [-0.2, 0) is 6.54 Å². The summed E-state index contributed by atoms with van der Waals surface area (Å²) in [4.78, 5) is 2.35. The zero-order chi connectivity index (χ0) is 13.1. The van der Waals surface area contributed by atoms with Gasteiger partial charge in [0.2, 0.25) is 0 Å². The van der Waals surface area contributed by atoms with Crippen LogP contribution < -0.4 is 14.8 Å². The molecular formula is C13H19BrN2O2. The van der Waals surface area contributed by atoms with Gasteiger partial charge in [-0.25, -0.2) is 0 Å². The third-order valence-electron chi connectivity index (χ3n) is 3.36. The highest BCUT2D eigenvalue weighted by molar-refractivity contribution is 9.10. The molecule has 0 radical (unpaired) electrons. The molecule has 0 atom stereocenters. The zero-order valence-corrected chi connectivity index (χ0v) is 12.6. The minimum Gasteiger partial charge on any atom is -0.493 e. The van der Waals surface area contributed by atoms with Crippen molar-refractivity contribution in [2.45, 2.75) is 12.6 Å². The molecule has 4 nitrogen and oxygen atoms in total. The van der Waals surface area contributed by atoms with E-state index >= 15 is 0 Å². The average molecular weight is 315 g/mol. The molecule has 100 valence electrons. The number of methoxy groups -OCH3 is 2. The van der Waals surface area contributed by atoms with Crippen molar-refractivity contribution in [1.29, 1.82) is 0 Å². The topological polar surface area (TPSA) is 33.7 Å². The lowest BCUT2D eigenvalue weighted by molar-refractivity contribution is 0.172. The quantitative estimate of drug-likeness (QED) is 0.899. The molecule has 0 unspecified atom stereocenters.